The molecule has 0 saturated carbocycles. The first-order valence-corrected chi connectivity index (χ1v) is 9.21. The molecule has 10 heteroatoms. The van der Waals surface area contributed by atoms with Crippen molar-refractivity contribution in [3.63, 3.8) is 0 Å². The van der Waals surface area contributed by atoms with E-state index in [4.69, 9.17) is 11.6 Å². The van der Waals surface area contributed by atoms with Crippen LogP contribution in [0.4, 0.5) is 11.6 Å². The maximum Gasteiger partial charge on any atom is 0.264 e. The lowest BCUT2D eigenvalue weighted by molar-refractivity contribution is 0.102. The Morgan fingerprint density at radius 2 is 1.96 bits per heavy atom. The molecule has 2 aromatic carbocycles. The largest absolute Gasteiger partial charge is 0.291 e. The lowest BCUT2D eigenvalue weighted by Crippen LogP contribution is -2.27. The molecule has 1 heterocycles. The van der Waals surface area contributed by atoms with Crippen LogP contribution in [0.15, 0.2) is 59.8 Å². The Bertz CT molecular complexity index is 1040. The van der Waals surface area contributed by atoms with Gasteiger partial charge in [0.1, 0.15) is 6.33 Å². The standard InChI is InChI=1S/C16H14ClN5O3S/c1-22(13-6-3-5-12(17)9-13)26(24,25)14-7-2-4-11(8-14)15(23)20-16-18-10-19-21-16/h2-10H,1H3,(H2,18,19,20,21,23). The molecule has 0 spiro atoms. The Kier molecular flexibility index (Phi) is 4.92. The first-order chi connectivity index (χ1) is 12.4. The van der Waals surface area contributed by atoms with Gasteiger partial charge in [0.05, 0.1) is 10.6 Å². The van der Waals surface area contributed by atoms with Gasteiger partial charge in [-0.1, -0.05) is 23.7 Å². The van der Waals surface area contributed by atoms with E-state index in [9.17, 15) is 13.2 Å². The lowest BCUT2D eigenvalue weighted by Gasteiger charge is -2.20. The van der Waals surface area contributed by atoms with Crippen LogP contribution in [0.25, 0.3) is 0 Å². The molecule has 3 rings (SSSR count). The van der Waals surface area contributed by atoms with Crippen molar-refractivity contribution in [1.29, 1.82) is 0 Å². The van der Waals surface area contributed by atoms with Crippen molar-refractivity contribution in [3.8, 4) is 0 Å². The van der Waals surface area contributed by atoms with Crippen molar-refractivity contribution in [2.45, 2.75) is 4.90 Å². The van der Waals surface area contributed by atoms with Crippen molar-refractivity contribution in [2.75, 3.05) is 16.7 Å². The third-order valence-electron chi connectivity index (χ3n) is 3.57. The van der Waals surface area contributed by atoms with Gasteiger partial charge in [-0.2, -0.15) is 10.1 Å². The van der Waals surface area contributed by atoms with Crippen LogP contribution in [0.2, 0.25) is 5.02 Å². The van der Waals surface area contributed by atoms with Crippen molar-refractivity contribution in [3.05, 3.63) is 65.4 Å². The highest BCUT2D eigenvalue weighted by atomic mass is 35.5. The fourth-order valence-corrected chi connectivity index (χ4v) is 3.63. The molecule has 26 heavy (non-hydrogen) atoms. The second-order valence-corrected chi connectivity index (χ2v) is 7.67. The zero-order chi connectivity index (χ0) is 18.7. The van der Waals surface area contributed by atoms with E-state index in [2.05, 4.69) is 20.5 Å². The Labute approximate surface area is 154 Å². The molecule has 0 bridgehead atoms. The number of halogens is 1. The number of aromatic nitrogens is 3. The van der Waals surface area contributed by atoms with E-state index >= 15 is 0 Å². The molecule has 0 atom stereocenters. The highest BCUT2D eigenvalue weighted by Crippen LogP contribution is 2.25. The molecule has 1 amide bonds. The van der Waals surface area contributed by atoms with Crippen molar-refractivity contribution in [1.82, 2.24) is 15.2 Å². The molecule has 0 radical (unpaired) electrons. The van der Waals surface area contributed by atoms with Crippen LogP contribution in [-0.2, 0) is 10.0 Å². The summed E-state index contributed by atoms with van der Waals surface area (Å²) in [7, 11) is -2.45. The number of sulfonamides is 1. The summed E-state index contributed by atoms with van der Waals surface area (Å²) < 4.78 is 26.8. The van der Waals surface area contributed by atoms with Crippen LogP contribution in [0.3, 0.4) is 0 Å². The zero-order valence-corrected chi connectivity index (χ0v) is 15.1. The van der Waals surface area contributed by atoms with Crippen LogP contribution in [0, 0.1) is 0 Å². The molecule has 0 saturated heterocycles. The lowest BCUT2D eigenvalue weighted by atomic mass is 10.2. The number of aromatic amines is 1. The van der Waals surface area contributed by atoms with Crippen LogP contribution in [0.5, 0.6) is 0 Å². The molecule has 0 aliphatic heterocycles. The predicted molar refractivity (Wildman–Crippen MR) is 97.8 cm³/mol. The highest BCUT2D eigenvalue weighted by molar-refractivity contribution is 7.92. The Morgan fingerprint density at radius 3 is 2.65 bits per heavy atom. The number of nitrogens with zero attached hydrogens (tertiary/aromatic N) is 3. The zero-order valence-electron chi connectivity index (χ0n) is 13.5. The Hall–Kier alpha value is -2.91. The molecule has 8 nitrogen and oxygen atoms in total. The van der Waals surface area contributed by atoms with Crippen LogP contribution in [-0.4, -0.2) is 36.6 Å². The van der Waals surface area contributed by atoms with Crippen LogP contribution >= 0.6 is 11.6 Å². The van der Waals surface area contributed by atoms with Gasteiger partial charge in [-0.3, -0.25) is 14.4 Å². The maximum atomic E-state index is 12.9. The van der Waals surface area contributed by atoms with Crippen molar-refractivity contribution < 1.29 is 13.2 Å². The highest BCUT2D eigenvalue weighted by Gasteiger charge is 2.22. The number of hydrogen-bond donors (Lipinski definition) is 2. The number of anilines is 2. The molecule has 0 aliphatic carbocycles. The fourth-order valence-electron chi connectivity index (χ4n) is 2.21. The second kappa shape index (κ2) is 7.14. The van der Waals surface area contributed by atoms with E-state index in [1.54, 1.807) is 24.3 Å². The second-order valence-electron chi connectivity index (χ2n) is 5.27. The first-order valence-electron chi connectivity index (χ1n) is 7.39. The monoisotopic (exact) mass is 391 g/mol. The van der Waals surface area contributed by atoms with E-state index in [1.807, 2.05) is 0 Å². The maximum absolute atomic E-state index is 12.9. The topological polar surface area (TPSA) is 108 Å². The summed E-state index contributed by atoms with van der Waals surface area (Å²) >= 11 is 5.93. The third kappa shape index (κ3) is 3.68. The Balaban J connectivity index is 1.89. The van der Waals surface area contributed by atoms with Gasteiger partial charge in [-0.25, -0.2) is 13.5 Å². The molecule has 0 aliphatic rings. The Morgan fingerprint density at radius 1 is 1.19 bits per heavy atom. The number of carbonyl (C=O) groups excluding carboxylic acids is 1. The molecule has 134 valence electrons. The summed E-state index contributed by atoms with van der Waals surface area (Å²) in [5, 5.41) is 9.03. The summed E-state index contributed by atoms with van der Waals surface area (Å²) in [5.74, 6) is -0.344. The SMILES string of the molecule is CN(c1cccc(Cl)c1)S(=O)(=O)c1cccc(C(=O)Nc2ncn[nH]2)c1. The van der Waals surface area contributed by atoms with Crippen molar-refractivity contribution >= 4 is 39.2 Å². The van der Waals surface area contributed by atoms with Gasteiger partial charge in [0.15, 0.2) is 0 Å². The number of hydrogen-bond acceptors (Lipinski definition) is 5. The van der Waals surface area contributed by atoms with Gasteiger partial charge >= 0.3 is 0 Å². The average Bonchev–Trinajstić information content (AvgIpc) is 3.14. The summed E-state index contributed by atoms with van der Waals surface area (Å²) in [6.45, 7) is 0. The normalized spacial score (nSPS) is 11.2. The molecule has 3 aromatic rings. The molecular weight excluding hydrogens is 378 g/mol. The third-order valence-corrected chi connectivity index (χ3v) is 5.59. The summed E-state index contributed by atoms with van der Waals surface area (Å²) in [5.41, 5.74) is 0.580. The number of carbonyl (C=O) groups is 1. The summed E-state index contributed by atoms with van der Waals surface area (Å²) in [6.07, 6.45) is 1.25. The average molecular weight is 392 g/mol. The number of nitrogens with one attached hydrogen (secondary N) is 2. The number of benzene rings is 2. The van der Waals surface area contributed by atoms with Gasteiger partial charge < -0.3 is 0 Å². The number of amides is 1. The summed E-state index contributed by atoms with van der Waals surface area (Å²) in [6, 6.07) is 12.2. The quantitative estimate of drug-likeness (QED) is 0.694. The molecule has 0 fully saturated rings. The minimum absolute atomic E-state index is 0.0230. The fraction of sp³-hybridized carbons (Fsp3) is 0.0625. The summed E-state index contributed by atoms with van der Waals surface area (Å²) in [4.78, 5) is 16.0. The molecule has 2 N–H and O–H groups in total. The van der Waals surface area contributed by atoms with E-state index in [0.717, 1.165) is 4.31 Å². The predicted octanol–water partition coefficient (Wildman–Crippen LogP) is 2.54. The van der Waals surface area contributed by atoms with Gasteiger partial charge in [0.25, 0.3) is 15.9 Å². The minimum atomic E-state index is -3.87. The van der Waals surface area contributed by atoms with E-state index < -0.39 is 15.9 Å². The van der Waals surface area contributed by atoms with E-state index in [1.165, 1.54) is 37.6 Å². The first kappa shape index (κ1) is 17.9. The van der Waals surface area contributed by atoms with Gasteiger partial charge in [-0.15, -0.1) is 0 Å². The van der Waals surface area contributed by atoms with Gasteiger partial charge in [-0.05, 0) is 36.4 Å². The number of rotatable bonds is 5. The van der Waals surface area contributed by atoms with Gasteiger partial charge in [0, 0.05) is 17.6 Å². The van der Waals surface area contributed by atoms with Crippen LogP contribution < -0.4 is 9.62 Å². The van der Waals surface area contributed by atoms with Crippen LogP contribution in [0.1, 0.15) is 10.4 Å². The number of H-pyrrole nitrogens is 1. The van der Waals surface area contributed by atoms with Crippen molar-refractivity contribution in [2.24, 2.45) is 0 Å². The molecule has 1 aromatic heterocycles. The smallest absolute Gasteiger partial charge is 0.264 e. The van der Waals surface area contributed by atoms with Gasteiger partial charge in [0.2, 0.25) is 5.95 Å². The molecule has 0 unspecified atom stereocenters. The van der Waals surface area contributed by atoms with E-state index in [0.29, 0.717) is 10.7 Å². The molecular formula is C16H14ClN5O3S. The minimum Gasteiger partial charge on any atom is -0.291 e. The van der Waals surface area contributed by atoms with E-state index in [-0.39, 0.29) is 16.4 Å².